The summed E-state index contributed by atoms with van der Waals surface area (Å²) >= 11 is 0. The fraction of sp³-hybridized carbons (Fsp3) is 0.583. The van der Waals surface area contributed by atoms with Gasteiger partial charge in [-0.3, -0.25) is 4.99 Å². The molecule has 0 N–H and O–H groups in total. The molecule has 1 aliphatic carbocycles. The van der Waals surface area contributed by atoms with Gasteiger partial charge in [0.25, 0.3) is 0 Å². The van der Waals surface area contributed by atoms with Crippen LogP contribution < -0.4 is 0 Å². The van der Waals surface area contributed by atoms with Crippen LogP contribution in [0.5, 0.6) is 0 Å². The molecule has 0 saturated heterocycles. The molecular weight excluding hydrogens is 158 g/mol. The Labute approximate surface area is 81.3 Å². The second-order valence-corrected chi connectivity index (χ2v) is 3.66. The molecule has 0 amide bonds. The maximum Gasteiger partial charge on any atom is 0.0589 e. The summed E-state index contributed by atoms with van der Waals surface area (Å²) in [5.41, 5.74) is 0. The SMILES string of the molecule is C=CCC1CCC(C=C)C1N=CC. The lowest BCUT2D eigenvalue weighted by atomic mass is 9.95. The third kappa shape index (κ3) is 2.30. The number of rotatable bonds is 4. The molecule has 0 heterocycles. The minimum Gasteiger partial charge on any atom is -0.294 e. The first kappa shape index (κ1) is 10.2. The zero-order valence-corrected chi connectivity index (χ0v) is 8.45. The smallest absolute Gasteiger partial charge is 0.0589 e. The third-order valence-electron chi connectivity index (χ3n) is 2.89. The van der Waals surface area contributed by atoms with Crippen molar-refractivity contribution in [2.24, 2.45) is 16.8 Å². The highest BCUT2D eigenvalue weighted by molar-refractivity contribution is 5.53. The molecule has 1 nitrogen and oxygen atoms in total. The molecule has 72 valence electrons. The summed E-state index contributed by atoms with van der Waals surface area (Å²) in [7, 11) is 0. The lowest BCUT2D eigenvalue weighted by Gasteiger charge is -2.17. The van der Waals surface area contributed by atoms with Gasteiger partial charge in [-0.15, -0.1) is 13.2 Å². The first-order valence-electron chi connectivity index (χ1n) is 5.04. The van der Waals surface area contributed by atoms with Crippen molar-refractivity contribution in [1.82, 2.24) is 0 Å². The van der Waals surface area contributed by atoms with Crippen LogP contribution in [0.25, 0.3) is 0 Å². The maximum atomic E-state index is 4.53. The molecule has 13 heavy (non-hydrogen) atoms. The quantitative estimate of drug-likeness (QED) is 0.462. The van der Waals surface area contributed by atoms with Gasteiger partial charge in [0.2, 0.25) is 0 Å². The molecule has 1 saturated carbocycles. The van der Waals surface area contributed by atoms with E-state index >= 15 is 0 Å². The Kier molecular flexibility index (Phi) is 3.94. The van der Waals surface area contributed by atoms with Crippen molar-refractivity contribution < 1.29 is 0 Å². The molecule has 0 radical (unpaired) electrons. The fourth-order valence-corrected chi connectivity index (χ4v) is 2.23. The standard InChI is InChI=1S/C12H19N/c1-4-7-11-9-8-10(5-2)12(11)13-6-3/h4-6,10-12H,1-2,7-9H2,3H3. The average molecular weight is 177 g/mol. The number of aliphatic imine (C=N–C) groups is 1. The van der Waals surface area contributed by atoms with Gasteiger partial charge in [0.15, 0.2) is 0 Å². The van der Waals surface area contributed by atoms with Gasteiger partial charge >= 0.3 is 0 Å². The van der Waals surface area contributed by atoms with Gasteiger partial charge in [-0.1, -0.05) is 12.2 Å². The predicted octanol–water partition coefficient (Wildman–Crippen LogP) is 3.23. The Balaban J connectivity index is 2.65. The van der Waals surface area contributed by atoms with Gasteiger partial charge in [0, 0.05) is 0 Å². The summed E-state index contributed by atoms with van der Waals surface area (Å²) in [4.78, 5) is 4.53. The molecule has 0 spiro atoms. The van der Waals surface area contributed by atoms with E-state index in [9.17, 15) is 0 Å². The van der Waals surface area contributed by atoms with Crippen LogP contribution in [-0.2, 0) is 0 Å². The molecule has 1 aliphatic rings. The lowest BCUT2D eigenvalue weighted by molar-refractivity contribution is 0.458. The summed E-state index contributed by atoms with van der Waals surface area (Å²) in [6.45, 7) is 9.65. The zero-order valence-electron chi connectivity index (χ0n) is 8.45. The second kappa shape index (κ2) is 5.00. The van der Waals surface area contributed by atoms with E-state index in [2.05, 4.69) is 24.2 Å². The van der Waals surface area contributed by atoms with Gasteiger partial charge in [0.05, 0.1) is 6.04 Å². The minimum absolute atomic E-state index is 0.459. The van der Waals surface area contributed by atoms with E-state index < -0.39 is 0 Å². The topological polar surface area (TPSA) is 12.4 Å². The van der Waals surface area contributed by atoms with Crippen molar-refractivity contribution in [3.63, 3.8) is 0 Å². The van der Waals surface area contributed by atoms with Crippen LogP contribution in [0.2, 0.25) is 0 Å². The molecule has 0 aromatic heterocycles. The first-order chi connectivity index (χ1) is 6.33. The summed E-state index contributed by atoms with van der Waals surface area (Å²) in [6.07, 6.45) is 9.58. The van der Waals surface area contributed by atoms with Gasteiger partial charge in [-0.05, 0) is 44.2 Å². The predicted molar refractivity (Wildman–Crippen MR) is 59.2 cm³/mol. The van der Waals surface area contributed by atoms with Crippen LogP contribution in [0.1, 0.15) is 26.2 Å². The summed E-state index contributed by atoms with van der Waals surface area (Å²) < 4.78 is 0. The van der Waals surface area contributed by atoms with Crippen molar-refractivity contribution >= 4 is 6.21 Å². The molecule has 1 fully saturated rings. The van der Waals surface area contributed by atoms with Crippen molar-refractivity contribution in [3.05, 3.63) is 25.3 Å². The normalized spacial score (nSPS) is 33.8. The Morgan fingerprint density at radius 2 is 2.15 bits per heavy atom. The molecule has 1 heteroatoms. The lowest BCUT2D eigenvalue weighted by Crippen LogP contribution is -2.17. The fourth-order valence-electron chi connectivity index (χ4n) is 2.23. The van der Waals surface area contributed by atoms with Crippen LogP contribution in [0.15, 0.2) is 30.3 Å². The molecule has 3 unspecified atom stereocenters. The van der Waals surface area contributed by atoms with Crippen molar-refractivity contribution in [2.45, 2.75) is 32.2 Å². The Hall–Kier alpha value is -0.850. The second-order valence-electron chi connectivity index (χ2n) is 3.66. The van der Waals surface area contributed by atoms with E-state index in [1.54, 1.807) is 0 Å². The van der Waals surface area contributed by atoms with Crippen LogP contribution in [0, 0.1) is 11.8 Å². The zero-order chi connectivity index (χ0) is 9.68. The van der Waals surface area contributed by atoms with Gasteiger partial charge < -0.3 is 0 Å². The monoisotopic (exact) mass is 177 g/mol. The van der Waals surface area contributed by atoms with Crippen LogP contribution in [0.3, 0.4) is 0 Å². The van der Waals surface area contributed by atoms with Gasteiger partial charge in [0.1, 0.15) is 0 Å². The molecule has 0 aliphatic heterocycles. The molecule has 0 aromatic rings. The van der Waals surface area contributed by atoms with Crippen LogP contribution in [0.4, 0.5) is 0 Å². The molecule has 1 rings (SSSR count). The van der Waals surface area contributed by atoms with E-state index in [4.69, 9.17) is 0 Å². The van der Waals surface area contributed by atoms with Crippen LogP contribution in [-0.4, -0.2) is 12.3 Å². The minimum atomic E-state index is 0.459. The van der Waals surface area contributed by atoms with E-state index in [-0.39, 0.29) is 0 Å². The van der Waals surface area contributed by atoms with E-state index in [0.29, 0.717) is 17.9 Å². The van der Waals surface area contributed by atoms with Crippen LogP contribution >= 0.6 is 0 Å². The average Bonchev–Trinajstić information content (AvgIpc) is 2.50. The van der Waals surface area contributed by atoms with Crippen molar-refractivity contribution in [1.29, 1.82) is 0 Å². The Morgan fingerprint density at radius 1 is 1.38 bits per heavy atom. The largest absolute Gasteiger partial charge is 0.294 e. The van der Waals surface area contributed by atoms with Gasteiger partial charge in [-0.2, -0.15) is 0 Å². The Morgan fingerprint density at radius 3 is 2.69 bits per heavy atom. The molecule has 0 aromatic carbocycles. The van der Waals surface area contributed by atoms with Gasteiger partial charge in [-0.25, -0.2) is 0 Å². The van der Waals surface area contributed by atoms with E-state index in [1.165, 1.54) is 12.8 Å². The maximum absolute atomic E-state index is 4.53. The summed E-state index contributed by atoms with van der Waals surface area (Å²) in [6, 6.07) is 0.459. The first-order valence-corrected chi connectivity index (χ1v) is 5.04. The molecule has 3 atom stereocenters. The summed E-state index contributed by atoms with van der Waals surface area (Å²) in [5.74, 6) is 1.28. The molecular formula is C12H19N. The highest BCUT2D eigenvalue weighted by Gasteiger charge is 2.32. The number of hydrogen-bond donors (Lipinski definition) is 0. The van der Waals surface area contributed by atoms with E-state index in [0.717, 1.165) is 6.42 Å². The van der Waals surface area contributed by atoms with Crippen molar-refractivity contribution in [2.75, 3.05) is 0 Å². The molecule has 0 bridgehead atoms. The summed E-state index contributed by atoms with van der Waals surface area (Å²) in [5, 5.41) is 0. The number of hydrogen-bond acceptors (Lipinski definition) is 1. The van der Waals surface area contributed by atoms with Crippen molar-refractivity contribution in [3.8, 4) is 0 Å². The Bertz CT molecular complexity index is 205. The van der Waals surface area contributed by atoms with E-state index in [1.807, 2.05) is 19.2 Å². The highest BCUT2D eigenvalue weighted by Crippen LogP contribution is 2.36. The number of allylic oxidation sites excluding steroid dienone is 1. The third-order valence-corrected chi connectivity index (χ3v) is 2.89. The number of nitrogens with zero attached hydrogens (tertiary/aromatic N) is 1. The highest BCUT2D eigenvalue weighted by atomic mass is 14.8.